The number of carbonyl (C=O) groups is 1. The summed E-state index contributed by atoms with van der Waals surface area (Å²) in [5.41, 5.74) is -0.536. The summed E-state index contributed by atoms with van der Waals surface area (Å²) in [7, 11) is 1.57. The van der Waals surface area contributed by atoms with Crippen LogP contribution in [0.5, 0.6) is 0 Å². The Balaban J connectivity index is 3.79. The number of hydrogen-bond acceptors (Lipinski definition) is 6. The topological polar surface area (TPSA) is 74.2 Å². The first-order valence-electron chi connectivity index (χ1n) is 5.90. The number of hydrogen-bond donors (Lipinski definition) is 1. The van der Waals surface area contributed by atoms with Gasteiger partial charge in [-0.1, -0.05) is 0 Å². The van der Waals surface area contributed by atoms with Crippen LogP contribution >= 0.6 is 0 Å². The molecule has 0 aromatic heterocycles. The zero-order valence-corrected chi connectivity index (χ0v) is 11.6. The third-order valence-corrected chi connectivity index (χ3v) is 1.84. The average Bonchev–Trinajstić information content (AvgIpc) is 2.24. The monoisotopic (exact) mass is 264 g/mol. The van der Waals surface area contributed by atoms with E-state index in [0.717, 1.165) is 0 Å². The van der Waals surface area contributed by atoms with Crippen molar-refractivity contribution < 1.29 is 28.8 Å². The van der Waals surface area contributed by atoms with E-state index in [1.165, 1.54) is 0 Å². The third-order valence-electron chi connectivity index (χ3n) is 1.84. The van der Waals surface area contributed by atoms with Gasteiger partial charge in [0.25, 0.3) is 0 Å². The number of ether oxygens (including phenoxy) is 4. The molecule has 6 nitrogen and oxygen atoms in total. The summed E-state index contributed by atoms with van der Waals surface area (Å²) in [5, 5.41) is 9.06. The van der Waals surface area contributed by atoms with Crippen LogP contribution in [0.4, 0.5) is 0 Å². The van der Waals surface area contributed by atoms with Crippen LogP contribution in [-0.4, -0.2) is 56.5 Å². The molecule has 0 rings (SSSR count). The maximum absolute atomic E-state index is 11.5. The van der Waals surface area contributed by atoms with Gasteiger partial charge in [-0.05, 0) is 20.8 Å². The Morgan fingerprint density at radius 2 is 1.94 bits per heavy atom. The van der Waals surface area contributed by atoms with Gasteiger partial charge in [0.2, 0.25) is 0 Å². The van der Waals surface area contributed by atoms with Crippen molar-refractivity contribution in [1.82, 2.24) is 0 Å². The molecular formula is C12H24O6. The van der Waals surface area contributed by atoms with E-state index in [1.807, 2.05) is 0 Å². The highest BCUT2D eigenvalue weighted by Gasteiger charge is 2.20. The fourth-order valence-electron chi connectivity index (χ4n) is 1.09. The molecule has 0 amide bonds. The molecule has 0 radical (unpaired) electrons. The Bertz CT molecular complexity index is 223. The van der Waals surface area contributed by atoms with Crippen molar-refractivity contribution in [3.8, 4) is 0 Å². The Hall–Kier alpha value is -0.690. The highest BCUT2D eigenvalue weighted by molar-refractivity contribution is 5.70. The van der Waals surface area contributed by atoms with Crippen LogP contribution in [0.1, 0.15) is 27.2 Å². The lowest BCUT2D eigenvalue weighted by Crippen LogP contribution is -2.29. The first-order valence-corrected chi connectivity index (χ1v) is 5.90. The number of methoxy groups -OCH3 is 1. The normalized spacial score (nSPS) is 13.4. The second kappa shape index (κ2) is 9.27. The number of carbonyl (C=O) groups excluding carboxylic acids is 1. The van der Waals surface area contributed by atoms with E-state index in [4.69, 9.17) is 24.1 Å². The smallest absolute Gasteiger partial charge is 0.309 e. The molecule has 1 unspecified atom stereocenters. The molecule has 108 valence electrons. The SMILES string of the molecule is COCCOCOC(CO)CC(=O)OC(C)(C)C. The summed E-state index contributed by atoms with van der Waals surface area (Å²) in [4.78, 5) is 11.5. The van der Waals surface area contributed by atoms with Crippen LogP contribution in [0.3, 0.4) is 0 Å². The van der Waals surface area contributed by atoms with Gasteiger partial charge < -0.3 is 24.1 Å². The van der Waals surface area contributed by atoms with Gasteiger partial charge in [-0.25, -0.2) is 0 Å². The van der Waals surface area contributed by atoms with Crippen molar-refractivity contribution in [2.24, 2.45) is 0 Å². The largest absolute Gasteiger partial charge is 0.460 e. The lowest BCUT2D eigenvalue weighted by molar-refractivity contribution is -0.163. The molecule has 0 aromatic rings. The fourth-order valence-corrected chi connectivity index (χ4v) is 1.09. The van der Waals surface area contributed by atoms with E-state index >= 15 is 0 Å². The van der Waals surface area contributed by atoms with Crippen LogP contribution in [-0.2, 0) is 23.7 Å². The van der Waals surface area contributed by atoms with Crippen LogP contribution in [0.15, 0.2) is 0 Å². The Kier molecular flexibility index (Phi) is 8.91. The first kappa shape index (κ1) is 17.3. The second-order valence-electron chi connectivity index (χ2n) is 4.78. The maximum Gasteiger partial charge on any atom is 0.309 e. The number of rotatable bonds is 9. The molecule has 1 N–H and O–H groups in total. The summed E-state index contributed by atoms with van der Waals surface area (Å²) >= 11 is 0. The van der Waals surface area contributed by atoms with Crippen molar-refractivity contribution in [2.75, 3.05) is 33.7 Å². The predicted octanol–water partition coefficient (Wildman–Crippen LogP) is 0.716. The molecule has 0 fully saturated rings. The minimum atomic E-state index is -0.609. The van der Waals surface area contributed by atoms with Crippen molar-refractivity contribution in [3.05, 3.63) is 0 Å². The summed E-state index contributed by atoms with van der Waals surface area (Å²) in [6, 6.07) is 0. The summed E-state index contributed by atoms with van der Waals surface area (Å²) in [6.07, 6.45) is -0.607. The number of esters is 1. The summed E-state index contributed by atoms with van der Waals surface area (Å²) in [5.74, 6) is -0.404. The minimum Gasteiger partial charge on any atom is -0.460 e. The van der Waals surface area contributed by atoms with Crippen LogP contribution in [0.2, 0.25) is 0 Å². The average molecular weight is 264 g/mol. The Morgan fingerprint density at radius 1 is 1.28 bits per heavy atom. The molecule has 0 heterocycles. The number of aliphatic hydroxyl groups is 1. The molecule has 1 atom stereocenters. The molecule has 0 aliphatic rings. The molecule has 6 heteroatoms. The molecule has 0 aliphatic carbocycles. The van der Waals surface area contributed by atoms with E-state index < -0.39 is 17.7 Å². The van der Waals surface area contributed by atoms with Gasteiger partial charge in [-0.2, -0.15) is 0 Å². The van der Waals surface area contributed by atoms with Gasteiger partial charge in [-0.15, -0.1) is 0 Å². The highest BCUT2D eigenvalue weighted by Crippen LogP contribution is 2.10. The molecule has 0 aliphatic heterocycles. The molecule has 0 saturated heterocycles. The van der Waals surface area contributed by atoms with Gasteiger partial charge in [0.15, 0.2) is 0 Å². The van der Waals surface area contributed by atoms with Gasteiger partial charge in [0.05, 0.1) is 32.3 Å². The van der Waals surface area contributed by atoms with Gasteiger partial charge in [-0.3, -0.25) is 4.79 Å². The molecule has 0 spiro atoms. The van der Waals surface area contributed by atoms with Gasteiger partial charge in [0, 0.05) is 7.11 Å². The highest BCUT2D eigenvalue weighted by atomic mass is 16.7. The summed E-state index contributed by atoms with van der Waals surface area (Å²) in [6.45, 7) is 5.99. The van der Waals surface area contributed by atoms with Gasteiger partial charge >= 0.3 is 5.97 Å². The predicted molar refractivity (Wildman–Crippen MR) is 65.1 cm³/mol. The van der Waals surface area contributed by atoms with E-state index in [-0.39, 0.29) is 19.8 Å². The molecule has 0 saturated carbocycles. The zero-order valence-electron chi connectivity index (χ0n) is 11.6. The number of aliphatic hydroxyl groups excluding tert-OH is 1. The Morgan fingerprint density at radius 3 is 2.44 bits per heavy atom. The van der Waals surface area contributed by atoms with E-state index in [9.17, 15) is 4.79 Å². The van der Waals surface area contributed by atoms with Crippen LogP contribution in [0.25, 0.3) is 0 Å². The fraction of sp³-hybridized carbons (Fsp3) is 0.917. The maximum atomic E-state index is 11.5. The van der Waals surface area contributed by atoms with Crippen molar-refractivity contribution in [3.63, 3.8) is 0 Å². The molecule has 0 aromatic carbocycles. The van der Waals surface area contributed by atoms with Crippen molar-refractivity contribution in [1.29, 1.82) is 0 Å². The van der Waals surface area contributed by atoms with Crippen LogP contribution < -0.4 is 0 Å². The first-order chi connectivity index (χ1) is 8.39. The lowest BCUT2D eigenvalue weighted by atomic mass is 10.2. The van der Waals surface area contributed by atoms with Gasteiger partial charge in [0.1, 0.15) is 12.4 Å². The zero-order chi connectivity index (χ0) is 14.0. The molecule has 18 heavy (non-hydrogen) atoms. The van der Waals surface area contributed by atoms with E-state index in [1.54, 1.807) is 27.9 Å². The molecule has 0 bridgehead atoms. The van der Waals surface area contributed by atoms with Crippen molar-refractivity contribution in [2.45, 2.75) is 38.9 Å². The quantitative estimate of drug-likeness (QED) is 0.376. The van der Waals surface area contributed by atoms with E-state index in [0.29, 0.717) is 13.2 Å². The van der Waals surface area contributed by atoms with Crippen molar-refractivity contribution >= 4 is 5.97 Å². The standard InChI is InChI=1S/C12H24O6/c1-12(2,3)18-11(14)7-10(8-13)17-9-16-6-5-15-4/h10,13H,5-9H2,1-4H3. The lowest BCUT2D eigenvalue weighted by Gasteiger charge is -2.21. The van der Waals surface area contributed by atoms with E-state index in [2.05, 4.69) is 0 Å². The Labute approximate surface area is 108 Å². The second-order valence-corrected chi connectivity index (χ2v) is 4.78. The summed E-state index contributed by atoms with van der Waals surface area (Å²) < 4.78 is 20.2. The van der Waals surface area contributed by atoms with Crippen LogP contribution in [0, 0.1) is 0 Å². The minimum absolute atomic E-state index is 0.00140. The third kappa shape index (κ3) is 10.5. The molecular weight excluding hydrogens is 240 g/mol.